The SMILES string of the molecule is Cc1nc(Cc2ccc(F)cc2)sc1NC(=O)c1cc(C(N)=O)nc2ccccc12. The third-order valence-corrected chi connectivity index (χ3v) is 5.62. The minimum absolute atomic E-state index is 0.0249. The van der Waals surface area contributed by atoms with E-state index in [1.54, 1.807) is 43.3 Å². The van der Waals surface area contributed by atoms with Gasteiger partial charge >= 0.3 is 0 Å². The number of nitrogens with one attached hydrogen (secondary N) is 1. The first-order chi connectivity index (χ1) is 14.4. The first kappa shape index (κ1) is 19.7. The van der Waals surface area contributed by atoms with Crippen LogP contribution in [0.3, 0.4) is 0 Å². The van der Waals surface area contributed by atoms with Crippen LogP contribution < -0.4 is 11.1 Å². The summed E-state index contributed by atoms with van der Waals surface area (Å²) >= 11 is 1.35. The highest BCUT2D eigenvalue weighted by molar-refractivity contribution is 7.16. The van der Waals surface area contributed by atoms with Crippen molar-refractivity contribution in [2.75, 3.05) is 5.32 Å². The van der Waals surface area contributed by atoms with Gasteiger partial charge in [0, 0.05) is 11.8 Å². The maximum Gasteiger partial charge on any atom is 0.267 e. The Labute approximate surface area is 175 Å². The van der Waals surface area contributed by atoms with Crippen molar-refractivity contribution in [3.05, 3.63) is 87.9 Å². The summed E-state index contributed by atoms with van der Waals surface area (Å²) in [5.41, 5.74) is 7.82. The summed E-state index contributed by atoms with van der Waals surface area (Å²) in [6.07, 6.45) is 0.533. The number of nitrogens with zero attached hydrogens (tertiary/aromatic N) is 2. The Bertz CT molecular complexity index is 1270. The average Bonchev–Trinajstić information content (AvgIpc) is 3.07. The quantitative estimate of drug-likeness (QED) is 0.508. The number of thiazole rings is 1. The van der Waals surface area contributed by atoms with Gasteiger partial charge in [0.1, 0.15) is 16.5 Å². The number of anilines is 1. The number of para-hydroxylation sites is 1. The van der Waals surface area contributed by atoms with Crippen molar-refractivity contribution in [2.45, 2.75) is 13.3 Å². The van der Waals surface area contributed by atoms with Crippen molar-refractivity contribution in [1.82, 2.24) is 9.97 Å². The molecule has 3 N–H and O–H groups in total. The van der Waals surface area contributed by atoms with Crippen LogP contribution in [0, 0.1) is 12.7 Å². The van der Waals surface area contributed by atoms with Crippen molar-refractivity contribution >= 4 is 39.1 Å². The lowest BCUT2D eigenvalue weighted by molar-refractivity contribution is 0.0996. The van der Waals surface area contributed by atoms with Crippen molar-refractivity contribution in [2.24, 2.45) is 5.73 Å². The summed E-state index contributed by atoms with van der Waals surface area (Å²) in [4.78, 5) is 33.3. The molecule has 2 aromatic carbocycles. The summed E-state index contributed by atoms with van der Waals surface area (Å²) in [6.45, 7) is 1.81. The molecule has 0 bridgehead atoms. The number of benzene rings is 2. The van der Waals surface area contributed by atoms with Crippen LogP contribution in [0.2, 0.25) is 0 Å². The zero-order valence-corrected chi connectivity index (χ0v) is 16.8. The first-order valence-corrected chi connectivity index (χ1v) is 9.94. The second-order valence-electron chi connectivity index (χ2n) is 6.72. The first-order valence-electron chi connectivity index (χ1n) is 9.12. The number of aromatic nitrogens is 2. The lowest BCUT2D eigenvalue weighted by Gasteiger charge is -2.08. The molecule has 2 heterocycles. The van der Waals surface area contributed by atoms with E-state index < -0.39 is 5.91 Å². The highest BCUT2D eigenvalue weighted by Crippen LogP contribution is 2.27. The lowest BCUT2D eigenvalue weighted by Crippen LogP contribution is -2.17. The van der Waals surface area contributed by atoms with E-state index in [0.29, 0.717) is 33.6 Å². The minimum atomic E-state index is -0.703. The van der Waals surface area contributed by atoms with Crippen LogP contribution >= 0.6 is 11.3 Å². The number of hydrogen-bond acceptors (Lipinski definition) is 5. The van der Waals surface area contributed by atoms with Gasteiger partial charge in [0.25, 0.3) is 11.8 Å². The van der Waals surface area contributed by atoms with E-state index in [2.05, 4.69) is 15.3 Å². The van der Waals surface area contributed by atoms with Gasteiger partial charge in [0.15, 0.2) is 0 Å². The molecule has 0 aliphatic rings. The largest absolute Gasteiger partial charge is 0.364 e. The average molecular weight is 420 g/mol. The zero-order valence-electron chi connectivity index (χ0n) is 16.0. The molecular formula is C22H17FN4O2S. The molecule has 150 valence electrons. The summed E-state index contributed by atoms with van der Waals surface area (Å²) in [5, 5.41) is 4.90. The molecule has 0 aliphatic heterocycles. The van der Waals surface area contributed by atoms with E-state index >= 15 is 0 Å². The second-order valence-corrected chi connectivity index (χ2v) is 7.80. The Morgan fingerprint density at radius 3 is 2.57 bits per heavy atom. The van der Waals surface area contributed by atoms with Gasteiger partial charge < -0.3 is 11.1 Å². The van der Waals surface area contributed by atoms with Crippen LogP contribution in [0.5, 0.6) is 0 Å². The van der Waals surface area contributed by atoms with Gasteiger partial charge in [0.05, 0.1) is 21.8 Å². The number of primary amides is 1. The molecule has 0 unspecified atom stereocenters. The van der Waals surface area contributed by atoms with E-state index in [0.717, 1.165) is 10.6 Å². The fourth-order valence-electron chi connectivity index (χ4n) is 3.08. The molecule has 0 spiro atoms. The molecule has 4 aromatic rings. The number of hydrogen-bond donors (Lipinski definition) is 2. The van der Waals surface area contributed by atoms with Gasteiger partial charge in [-0.25, -0.2) is 14.4 Å². The zero-order chi connectivity index (χ0) is 21.3. The molecule has 30 heavy (non-hydrogen) atoms. The molecule has 0 fully saturated rings. The van der Waals surface area contributed by atoms with Crippen LogP contribution in [0.15, 0.2) is 54.6 Å². The van der Waals surface area contributed by atoms with Crippen LogP contribution in [0.25, 0.3) is 10.9 Å². The lowest BCUT2D eigenvalue weighted by atomic mass is 10.1. The Balaban J connectivity index is 1.62. The van der Waals surface area contributed by atoms with Crippen molar-refractivity contribution in [3.8, 4) is 0 Å². The van der Waals surface area contributed by atoms with Gasteiger partial charge in [-0.2, -0.15) is 0 Å². The van der Waals surface area contributed by atoms with Crippen LogP contribution in [0.4, 0.5) is 9.39 Å². The predicted molar refractivity (Wildman–Crippen MR) is 114 cm³/mol. The Hall–Kier alpha value is -3.65. The summed E-state index contributed by atoms with van der Waals surface area (Å²) < 4.78 is 13.1. The van der Waals surface area contributed by atoms with Crippen molar-refractivity contribution in [1.29, 1.82) is 0 Å². The number of halogens is 1. The highest BCUT2D eigenvalue weighted by atomic mass is 32.1. The topological polar surface area (TPSA) is 98.0 Å². The summed E-state index contributed by atoms with van der Waals surface area (Å²) in [6, 6.07) is 14.7. The third kappa shape index (κ3) is 4.04. The molecule has 2 amide bonds. The molecule has 0 aliphatic carbocycles. The van der Waals surface area contributed by atoms with Crippen molar-refractivity contribution in [3.63, 3.8) is 0 Å². The van der Waals surface area contributed by atoms with E-state index in [1.165, 1.54) is 29.5 Å². The molecular weight excluding hydrogens is 403 g/mol. The monoisotopic (exact) mass is 420 g/mol. The van der Waals surface area contributed by atoms with E-state index in [4.69, 9.17) is 5.73 Å². The van der Waals surface area contributed by atoms with E-state index in [1.807, 2.05) is 0 Å². The van der Waals surface area contributed by atoms with Gasteiger partial charge in [0.2, 0.25) is 0 Å². The number of amides is 2. The number of carbonyl (C=O) groups excluding carboxylic acids is 2. The maximum atomic E-state index is 13.1. The normalized spacial score (nSPS) is 10.9. The fraction of sp³-hybridized carbons (Fsp3) is 0.0909. The molecule has 0 radical (unpaired) electrons. The number of rotatable bonds is 5. The van der Waals surface area contributed by atoms with Crippen LogP contribution in [-0.2, 0) is 6.42 Å². The second kappa shape index (κ2) is 8.00. The molecule has 8 heteroatoms. The smallest absolute Gasteiger partial charge is 0.267 e. The van der Waals surface area contributed by atoms with Gasteiger partial charge in [-0.1, -0.05) is 30.3 Å². The molecule has 0 saturated carbocycles. The number of pyridine rings is 1. The molecule has 0 atom stereocenters. The Kier molecular flexibility index (Phi) is 5.24. The minimum Gasteiger partial charge on any atom is -0.364 e. The summed E-state index contributed by atoms with van der Waals surface area (Å²) in [5.74, 6) is -1.37. The number of carbonyl (C=O) groups is 2. The molecule has 4 rings (SSSR count). The number of aryl methyl sites for hydroxylation is 1. The summed E-state index contributed by atoms with van der Waals surface area (Å²) in [7, 11) is 0. The highest BCUT2D eigenvalue weighted by Gasteiger charge is 2.18. The maximum absolute atomic E-state index is 13.1. The number of nitrogens with two attached hydrogens (primary N) is 1. The van der Waals surface area contributed by atoms with Crippen molar-refractivity contribution < 1.29 is 14.0 Å². The molecule has 6 nitrogen and oxygen atoms in total. The van der Waals surface area contributed by atoms with Crippen LogP contribution in [-0.4, -0.2) is 21.8 Å². The van der Waals surface area contributed by atoms with E-state index in [9.17, 15) is 14.0 Å². The van der Waals surface area contributed by atoms with Gasteiger partial charge in [-0.05, 0) is 36.8 Å². The molecule has 0 saturated heterocycles. The fourth-order valence-corrected chi connectivity index (χ4v) is 4.07. The van der Waals surface area contributed by atoms with Gasteiger partial charge in [-0.3, -0.25) is 9.59 Å². The van der Waals surface area contributed by atoms with Gasteiger partial charge in [-0.15, -0.1) is 11.3 Å². The van der Waals surface area contributed by atoms with E-state index in [-0.39, 0.29) is 17.4 Å². The molecule has 2 aromatic heterocycles. The Morgan fingerprint density at radius 1 is 1.10 bits per heavy atom. The Morgan fingerprint density at radius 2 is 1.83 bits per heavy atom. The number of fused-ring (bicyclic) bond motifs is 1. The third-order valence-electron chi connectivity index (χ3n) is 4.55. The predicted octanol–water partition coefficient (Wildman–Crippen LogP) is 4.08. The standard InChI is InChI=1S/C22H17FN4O2S/c1-12-22(30-19(25-12)10-13-6-8-14(23)9-7-13)27-21(29)16-11-18(20(24)28)26-17-5-3-2-4-15(16)17/h2-9,11H,10H2,1H3,(H2,24,28)(H,27,29). The van der Waals surface area contributed by atoms with Crippen LogP contribution in [0.1, 0.15) is 37.1 Å².